The Morgan fingerprint density at radius 3 is 2.57 bits per heavy atom. The molecular formula is C10H12N2O2. The van der Waals surface area contributed by atoms with Crippen LogP contribution in [0, 0.1) is 0 Å². The summed E-state index contributed by atoms with van der Waals surface area (Å²) in [6.07, 6.45) is 0.714. The average molecular weight is 192 g/mol. The first kappa shape index (κ1) is 10.2. The molecule has 0 aliphatic carbocycles. The van der Waals surface area contributed by atoms with Gasteiger partial charge in [-0.05, 0) is 12.1 Å². The number of hydrogen-bond acceptors (Lipinski definition) is 2. The predicted octanol–water partition coefficient (Wildman–Crippen LogP) is 1.59. The highest BCUT2D eigenvalue weighted by Crippen LogP contribution is 2.12. The number of anilines is 1. The number of nitrogens with one attached hydrogen (secondary N) is 1. The Morgan fingerprint density at radius 2 is 2.00 bits per heavy atom. The van der Waals surface area contributed by atoms with Gasteiger partial charge in [-0.25, -0.2) is 4.79 Å². The number of hydrogen-bond donors (Lipinski definition) is 1. The van der Waals surface area contributed by atoms with Crippen LogP contribution in [0.4, 0.5) is 10.5 Å². The van der Waals surface area contributed by atoms with Gasteiger partial charge in [0.05, 0.1) is 5.69 Å². The summed E-state index contributed by atoms with van der Waals surface area (Å²) in [5.41, 5.74) is 1.00. The van der Waals surface area contributed by atoms with E-state index in [1.165, 1.54) is 4.90 Å². The van der Waals surface area contributed by atoms with Crippen molar-refractivity contribution in [2.75, 3.05) is 19.4 Å². The molecule has 0 saturated heterocycles. The molecule has 0 unspecified atom stereocenters. The Morgan fingerprint density at radius 1 is 1.36 bits per heavy atom. The van der Waals surface area contributed by atoms with Gasteiger partial charge in [0.2, 0.25) is 0 Å². The van der Waals surface area contributed by atoms with Crippen molar-refractivity contribution in [2.24, 2.45) is 0 Å². The van der Waals surface area contributed by atoms with Gasteiger partial charge in [-0.15, -0.1) is 0 Å². The second-order valence-electron chi connectivity index (χ2n) is 3.03. The highest BCUT2D eigenvalue weighted by molar-refractivity contribution is 5.95. The summed E-state index contributed by atoms with van der Waals surface area (Å²) in [5, 5.41) is 2.62. The molecule has 1 N–H and O–H groups in total. The number of carbonyl (C=O) groups is 2. The smallest absolute Gasteiger partial charge is 0.321 e. The average Bonchev–Trinajstić information content (AvgIpc) is 2.18. The molecule has 0 radical (unpaired) electrons. The van der Waals surface area contributed by atoms with Crippen molar-refractivity contribution in [1.29, 1.82) is 0 Å². The van der Waals surface area contributed by atoms with Gasteiger partial charge in [0.1, 0.15) is 0 Å². The van der Waals surface area contributed by atoms with Crippen LogP contribution in [0.1, 0.15) is 10.4 Å². The van der Waals surface area contributed by atoms with Crippen LogP contribution in [-0.4, -0.2) is 31.3 Å². The number of amides is 2. The third kappa shape index (κ3) is 2.32. The highest BCUT2D eigenvalue weighted by Gasteiger charge is 2.06. The van der Waals surface area contributed by atoms with Gasteiger partial charge in [0.25, 0.3) is 0 Å². The number of benzene rings is 1. The van der Waals surface area contributed by atoms with E-state index in [1.807, 2.05) is 0 Å². The fourth-order valence-electron chi connectivity index (χ4n) is 0.941. The van der Waals surface area contributed by atoms with E-state index in [9.17, 15) is 9.59 Å². The first-order valence-corrected chi connectivity index (χ1v) is 4.17. The van der Waals surface area contributed by atoms with Crippen molar-refractivity contribution in [3.05, 3.63) is 29.8 Å². The standard InChI is InChI=1S/C10H12N2O2/c1-12(2)10(14)11-9-6-4-3-5-8(9)7-13/h3-7H,1-2H3,(H,11,14). The molecule has 2 amide bonds. The van der Waals surface area contributed by atoms with Crippen LogP contribution in [0.3, 0.4) is 0 Å². The van der Waals surface area contributed by atoms with E-state index < -0.39 is 0 Å². The lowest BCUT2D eigenvalue weighted by atomic mass is 10.2. The number of para-hydroxylation sites is 1. The maximum absolute atomic E-state index is 11.3. The number of nitrogens with zero attached hydrogens (tertiary/aromatic N) is 1. The van der Waals surface area contributed by atoms with E-state index in [-0.39, 0.29) is 6.03 Å². The van der Waals surface area contributed by atoms with E-state index in [0.717, 1.165) is 0 Å². The largest absolute Gasteiger partial charge is 0.331 e. The molecule has 1 aromatic carbocycles. The molecular weight excluding hydrogens is 180 g/mol. The molecule has 0 atom stereocenters. The second-order valence-corrected chi connectivity index (χ2v) is 3.03. The minimum atomic E-state index is -0.251. The van der Waals surface area contributed by atoms with Crippen LogP contribution < -0.4 is 5.32 Å². The molecule has 0 heterocycles. The third-order valence-electron chi connectivity index (χ3n) is 1.74. The van der Waals surface area contributed by atoms with Crippen molar-refractivity contribution in [1.82, 2.24) is 4.90 Å². The molecule has 0 aliphatic rings. The van der Waals surface area contributed by atoms with Crippen LogP contribution in [0.25, 0.3) is 0 Å². The maximum Gasteiger partial charge on any atom is 0.321 e. The summed E-state index contributed by atoms with van der Waals surface area (Å²) in [5.74, 6) is 0. The second kappa shape index (κ2) is 4.41. The first-order chi connectivity index (χ1) is 6.65. The van der Waals surface area contributed by atoms with Gasteiger partial charge in [-0.3, -0.25) is 4.79 Å². The van der Waals surface area contributed by atoms with Gasteiger partial charge >= 0.3 is 6.03 Å². The quantitative estimate of drug-likeness (QED) is 0.723. The Bertz CT molecular complexity index is 348. The molecule has 14 heavy (non-hydrogen) atoms. The fourth-order valence-corrected chi connectivity index (χ4v) is 0.941. The van der Waals surface area contributed by atoms with E-state index in [1.54, 1.807) is 38.4 Å². The fraction of sp³-hybridized carbons (Fsp3) is 0.200. The van der Waals surface area contributed by atoms with Gasteiger partial charge in [-0.2, -0.15) is 0 Å². The Balaban J connectivity index is 2.85. The lowest BCUT2D eigenvalue weighted by molar-refractivity contribution is 0.112. The van der Waals surface area contributed by atoms with E-state index >= 15 is 0 Å². The molecule has 0 aliphatic heterocycles. The van der Waals surface area contributed by atoms with Gasteiger partial charge in [0, 0.05) is 19.7 Å². The van der Waals surface area contributed by atoms with Crippen molar-refractivity contribution in [3.8, 4) is 0 Å². The molecule has 1 rings (SSSR count). The van der Waals surface area contributed by atoms with E-state index in [4.69, 9.17) is 0 Å². The molecule has 1 aromatic rings. The summed E-state index contributed by atoms with van der Waals surface area (Å²) in [6, 6.07) is 6.59. The highest BCUT2D eigenvalue weighted by atomic mass is 16.2. The molecule has 0 spiro atoms. The summed E-state index contributed by atoms with van der Waals surface area (Å²) in [4.78, 5) is 23.3. The molecule has 74 valence electrons. The molecule has 4 heteroatoms. The zero-order chi connectivity index (χ0) is 10.6. The minimum Gasteiger partial charge on any atom is -0.331 e. The first-order valence-electron chi connectivity index (χ1n) is 4.17. The van der Waals surface area contributed by atoms with Crippen LogP contribution in [0.5, 0.6) is 0 Å². The molecule has 0 saturated carbocycles. The molecule has 0 fully saturated rings. The Kier molecular flexibility index (Phi) is 3.23. The normalized spacial score (nSPS) is 9.29. The number of carbonyl (C=O) groups excluding carboxylic acids is 2. The SMILES string of the molecule is CN(C)C(=O)Nc1ccccc1C=O. The van der Waals surface area contributed by atoms with Crippen molar-refractivity contribution >= 4 is 18.0 Å². The maximum atomic E-state index is 11.3. The lowest BCUT2D eigenvalue weighted by Crippen LogP contribution is -2.27. The van der Waals surface area contributed by atoms with Crippen LogP contribution in [0.2, 0.25) is 0 Å². The van der Waals surface area contributed by atoms with Crippen LogP contribution in [0.15, 0.2) is 24.3 Å². The summed E-state index contributed by atoms with van der Waals surface area (Å²) in [7, 11) is 3.28. The van der Waals surface area contributed by atoms with E-state index in [0.29, 0.717) is 17.5 Å². The number of rotatable bonds is 2. The van der Waals surface area contributed by atoms with Gasteiger partial charge in [0.15, 0.2) is 6.29 Å². The summed E-state index contributed by atoms with van der Waals surface area (Å²) < 4.78 is 0. The minimum absolute atomic E-state index is 0.251. The number of aldehydes is 1. The Hall–Kier alpha value is -1.84. The van der Waals surface area contributed by atoms with Crippen molar-refractivity contribution in [2.45, 2.75) is 0 Å². The zero-order valence-electron chi connectivity index (χ0n) is 8.15. The third-order valence-corrected chi connectivity index (χ3v) is 1.74. The summed E-state index contributed by atoms with van der Waals surface area (Å²) in [6.45, 7) is 0. The van der Waals surface area contributed by atoms with Crippen molar-refractivity contribution in [3.63, 3.8) is 0 Å². The van der Waals surface area contributed by atoms with Gasteiger partial charge in [-0.1, -0.05) is 12.1 Å². The Labute approximate surface area is 82.5 Å². The number of urea groups is 1. The van der Waals surface area contributed by atoms with E-state index in [2.05, 4.69) is 5.32 Å². The molecule has 0 aromatic heterocycles. The van der Waals surface area contributed by atoms with Crippen molar-refractivity contribution < 1.29 is 9.59 Å². The van der Waals surface area contributed by atoms with Gasteiger partial charge < -0.3 is 10.2 Å². The van der Waals surface area contributed by atoms with Crippen LogP contribution >= 0.6 is 0 Å². The topological polar surface area (TPSA) is 49.4 Å². The molecule has 4 nitrogen and oxygen atoms in total. The monoisotopic (exact) mass is 192 g/mol. The van der Waals surface area contributed by atoms with Crippen LogP contribution in [-0.2, 0) is 0 Å². The lowest BCUT2D eigenvalue weighted by Gasteiger charge is -2.12. The zero-order valence-corrected chi connectivity index (χ0v) is 8.15. The predicted molar refractivity (Wildman–Crippen MR) is 54.5 cm³/mol. The summed E-state index contributed by atoms with van der Waals surface area (Å²) >= 11 is 0. The molecule has 0 bridgehead atoms.